The summed E-state index contributed by atoms with van der Waals surface area (Å²) in [4.78, 5) is 7.27. The van der Waals surface area contributed by atoms with Crippen molar-refractivity contribution in [2.75, 3.05) is 4.90 Å². The van der Waals surface area contributed by atoms with Crippen molar-refractivity contribution in [2.24, 2.45) is 0 Å². The second kappa shape index (κ2) is 12.6. The summed E-state index contributed by atoms with van der Waals surface area (Å²) in [7, 11) is 0. The Labute approximate surface area is 317 Å². The highest BCUT2D eigenvalue weighted by molar-refractivity contribution is 6.17. The van der Waals surface area contributed by atoms with Crippen LogP contribution < -0.4 is 4.90 Å². The molecule has 0 aliphatic carbocycles. The van der Waals surface area contributed by atoms with Gasteiger partial charge in [-0.05, 0) is 111 Å². The molecule has 0 bridgehead atoms. The zero-order chi connectivity index (χ0) is 36.3. The normalized spacial score (nSPS) is 11.6. The molecule has 2 heterocycles. The van der Waals surface area contributed by atoms with Gasteiger partial charge in [-0.2, -0.15) is 0 Å². The van der Waals surface area contributed by atoms with E-state index in [-0.39, 0.29) is 0 Å². The van der Waals surface area contributed by atoms with E-state index in [0.29, 0.717) is 5.89 Å². The first-order valence-electron chi connectivity index (χ1n) is 18.5. The van der Waals surface area contributed by atoms with Gasteiger partial charge in [0, 0.05) is 22.3 Å². The van der Waals surface area contributed by atoms with Crippen molar-refractivity contribution in [3.63, 3.8) is 0 Å². The Bertz CT molecular complexity index is 3170. The molecule has 2 aromatic heterocycles. The standard InChI is InChI=1S/C51H32N2O2/c1-3-11-33(12-4-1)35-21-24-42(25-22-35)53(43-26-23-39-27-38(19-20-40(39)28-43)34-13-5-2-6-14-34)46-30-41(51-52-45-17-9-10-18-47(45)55-51)32-49-50(46)44-29-36-15-7-8-16-37(36)31-48(44)54-49/h1-32H. The first-order valence-corrected chi connectivity index (χ1v) is 18.5. The van der Waals surface area contributed by atoms with E-state index in [0.717, 1.165) is 77.4 Å². The lowest BCUT2D eigenvalue weighted by molar-refractivity contribution is 0.619. The van der Waals surface area contributed by atoms with Crippen LogP contribution in [-0.4, -0.2) is 4.98 Å². The first-order chi connectivity index (χ1) is 27.2. The zero-order valence-corrected chi connectivity index (χ0v) is 29.7. The molecule has 55 heavy (non-hydrogen) atoms. The predicted octanol–water partition coefficient (Wildman–Crippen LogP) is 14.5. The van der Waals surface area contributed by atoms with E-state index in [1.807, 2.05) is 24.3 Å². The lowest BCUT2D eigenvalue weighted by Crippen LogP contribution is -2.10. The molecule has 4 nitrogen and oxygen atoms in total. The Kier molecular flexibility index (Phi) is 7.14. The molecule has 0 aliphatic rings. The van der Waals surface area contributed by atoms with Crippen molar-refractivity contribution in [3.8, 4) is 33.7 Å². The third kappa shape index (κ3) is 5.43. The fraction of sp³-hybridized carbons (Fsp3) is 0. The lowest BCUT2D eigenvalue weighted by Gasteiger charge is -2.27. The van der Waals surface area contributed by atoms with Gasteiger partial charge >= 0.3 is 0 Å². The van der Waals surface area contributed by atoms with E-state index >= 15 is 0 Å². The average Bonchev–Trinajstić information content (AvgIpc) is 3.85. The number of oxazole rings is 1. The van der Waals surface area contributed by atoms with E-state index in [1.165, 1.54) is 22.1 Å². The summed E-state index contributed by atoms with van der Waals surface area (Å²) < 4.78 is 13.2. The van der Waals surface area contributed by atoms with Gasteiger partial charge in [0.15, 0.2) is 5.58 Å². The first kappa shape index (κ1) is 31.1. The van der Waals surface area contributed by atoms with Crippen LogP contribution in [0.2, 0.25) is 0 Å². The molecule has 0 saturated carbocycles. The van der Waals surface area contributed by atoms with Gasteiger partial charge in [-0.1, -0.05) is 127 Å². The van der Waals surface area contributed by atoms with Crippen LogP contribution in [0.1, 0.15) is 0 Å². The number of rotatable bonds is 6. The number of hydrogen-bond acceptors (Lipinski definition) is 4. The number of benzene rings is 9. The van der Waals surface area contributed by atoms with Gasteiger partial charge in [0.25, 0.3) is 0 Å². The highest BCUT2D eigenvalue weighted by Gasteiger charge is 2.23. The van der Waals surface area contributed by atoms with Gasteiger partial charge in [0.05, 0.1) is 11.1 Å². The number of furan rings is 1. The Morgan fingerprint density at radius 2 is 0.964 bits per heavy atom. The monoisotopic (exact) mass is 704 g/mol. The zero-order valence-electron chi connectivity index (χ0n) is 29.7. The van der Waals surface area contributed by atoms with Gasteiger partial charge < -0.3 is 13.7 Å². The Balaban J connectivity index is 1.17. The number of anilines is 3. The van der Waals surface area contributed by atoms with Gasteiger partial charge in [-0.3, -0.25) is 0 Å². The van der Waals surface area contributed by atoms with Crippen LogP contribution in [0.25, 0.3) is 88.3 Å². The smallest absolute Gasteiger partial charge is 0.227 e. The summed E-state index contributed by atoms with van der Waals surface area (Å²) in [6.07, 6.45) is 0. The second-order valence-corrected chi connectivity index (χ2v) is 14.0. The molecular formula is C51H32N2O2. The van der Waals surface area contributed by atoms with Crippen molar-refractivity contribution < 1.29 is 8.83 Å². The summed E-state index contributed by atoms with van der Waals surface area (Å²) in [6, 6.07) is 68.3. The fourth-order valence-corrected chi connectivity index (χ4v) is 7.91. The molecule has 0 N–H and O–H groups in total. The van der Waals surface area contributed by atoms with E-state index in [4.69, 9.17) is 13.8 Å². The van der Waals surface area contributed by atoms with Crippen LogP contribution in [0.4, 0.5) is 17.1 Å². The summed E-state index contributed by atoms with van der Waals surface area (Å²) in [5.41, 5.74) is 11.7. The largest absolute Gasteiger partial charge is 0.456 e. The van der Waals surface area contributed by atoms with Crippen molar-refractivity contribution >= 4 is 71.6 Å². The highest BCUT2D eigenvalue weighted by atomic mass is 16.3. The topological polar surface area (TPSA) is 42.4 Å². The Hall–Kier alpha value is -7.43. The fourth-order valence-electron chi connectivity index (χ4n) is 7.91. The minimum atomic E-state index is 0.543. The molecule has 11 aromatic rings. The number of nitrogens with zero attached hydrogens (tertiary/aromatic N) is 2. The molecule has 11 rings (SSSR count). The van der Waals surface area contributed by atoms with E-state index in [9.17, 15) is 0 Å². The molecule has 0 unspecified atom stereocenters. The molecule has 0 saturated heterocycles. The van der Waals surface area contributed by atoms with Crippen LogP contribution >= 0.6 is 0 Å². The number of hydrogen-bond donors (Lipinski definition) is 0. The van der Waals surface area contributed by atoms with E-state index < -0.39 is 0 Å². The number of fused-ring (bicyclic) bond motifs is 6. The molecule has 258 valence electrons. The van der Waals surface area contributed by atoms with E-state index in [1.54, 1.807) is 0 Å². The van der Waals surface area contributed by atoms with Crippen LogP contribution in [0.5, 0.6) is 0 Å². The molecular weight excluding hydrogens is 673 g/mol. The van der Waals surface area contributed by atoms with Crippen LogP contribution in [0.3, 0.4) is 0 Å². The number of aromatic nitrogens is 1. The quantitative estimate of drug-likeness (QED) is 0.173. The van der Waals surface area contributed by atoms with Crippen molar-refractivity contribution in [3.05, 3.63) is 194 Å². The van der Waals surface area contributed by atoms with E-state index in [2.05, 4.69) is 175 Å². The van der Waals surface area contributed by atoms with Crippen LogP contribution in [0, 0.1) is 0 Å². The van der Waals surface area contributed by atoms with Gasteiger partial charge in [-0.25, -0.2) is 4.98 Å². The molecule has 0 spiro atoms. The minimum absolute atomic E-state index is 0.543. The van der Waals surface area contributed by atoms with Crippen molar-refractivity contribution in [2.45, 2.75) is 0 Å². The maximum Gasteiger partial charge on any atom is 0.227 e. The summed E-state index contributed by atoms with van der Waals surface area (Å²) >= 11 is 0. The Morgan fingerprint density at radius 1 is 0.364 bits per heavy atom. The second-order valence-electron chi connectivity index (χ2n) is 14.0. The molecule has 4 heteroatoms. The number of para-hydroxylation sites is 2. The van der Waals surface area contributed by atoms with Crippen molar-refractivity contribution in [1.29, 1.82) is 0 Å². The van der Waals surface area contributed by atoms with Crippen molar-refractivity contribution in [1.82, 2.24) is 4.98 Å². The highest BCUT2D eigenvalue weighted by Crippen LogP contribution is 2.47. The molecule has 0 atom stereocenters. The van der Waals surface area contributed by atoms with Gasteiger partial charge in [0.1, 0.15) is 16.7 Å². The SMILES string of the molecule is c1ccc(-c2ccc(N(c3ccc4cc(-c5ccccc5)ccc4c3)c3cc(-c4nc5ccccc5o4)cc4oc5cc6ccccc6cc5c34)cc2)cc1. The third-order valence-electron chi connectivity index (χ3n) is 10.6. The van der Waals surface area contributed by atoms with Gasteiger partial charge in [-0.15, -0.1) is 0 Å². The molecule has 0 fully saturated rings. The summed E-state index contributed by atoms with van der Waals surface area (Å²) in [5, 5.41) is 6.68. The predicted molar refractivity (Wildman–Crippen MR) is 227 cm³/mol. The van der Waals surface area contributed by atoms with Crippen LogP contribution in [0.15, 0.2) is 203 Å². The van der Waals surface area contributed by atoms with Gasteiger partial charge in [0.2, 0.25) is 5.89 Å². The summed E-state index contributed by atoms with van der Waals surface area (Å²) in [6.45, 7) is 0. The molecule has 0 amide bonds. The Morgan fingerprint density at radius 3 is 1.75 bits per heavy atom. The lowest BCUT2D eigenvalue weighted by atomic mass is 9.99. The maximum atomic E-state index is 6.77. The average molecular weight is 705 g/mol. The van der Waals surface area contributed by atoms with Crippen LogP contribution in [-0.2, 0) is 0 Å². The maximum absolute atomic E-state index is 6.77. The summed E-state index contributed by atoms with van der Waals surface area (Å²) in [5.74, 6) is 0.543. The molecule has 0 radical (unpaired) electrons. The minimum Gasteiger partial charge on any atom is -0.456 e. The third-order valence-corrected chi connectivity index (χ3v) is 10.6. The molecule has 9 aromatic carbocycles. The molecule has 0 aliphatic heterocycles.